The maximum atomic E-state index is 13.2. The maximum Gasteiger partial charge on any atom is 0.460 e. The average Bonchev–Trinajstić information content (AvgIpc) is 2.25. The summed E-state index contributed by atoms with van der Waals surface area (Å²) in [5.41, 5.74) is 0. The highest BCUT2D eigenvalue weighted by atomic mass is 127. The van der Waals surface area contributed by atoms with Crippen LogP contribution in [-0.4, -0.2) is 45.5 Å². The molecule has 0 saturated heterocycles. The Bertz CT molecular complexity index is 378. The molecule has 22 heavy (non-hydrogen) atoms. The third kappa shape index (κ3) is 3.70. The Balaban J connectivity index is 5.69. The van der Waals surface area contributed by atoms with Crippen LogP contribution in [0.15, 0.2) is 0 Å². The molecule has 0 aliphatic rings. The molecule has 134 valence electrons. The normalized spacial score (nSPS) is 16.8. The summed E-state index contributed by atoms with van der Waals surface area (Å²) in [6.07, 6.45) is -9.84. The minimum Gasteiger partial charge on any atom is -0.396 e. The highest BCUT2D eigenvalue weighted by Gasteiger charge is 2.86. The van der Waals surface area contributed by atoms with Crippen molar-refractivity contribution in [1.29, 1.82) is 0 Å². The lowest BCUT2D eigenvalue weighted by Gasteiger charge is -2.37. The predicted molar refractivity (Wildman–Crippen MR) is 60.0 cm³/mol. The minimum atomic E-state index is -7.36. The number of aliphatic hydroxyl groups excluding tert-OH is 1. The molecule has 1 N–H and O–H groups in total. The Hall–Kier alpha value is -0.0800. The fourth-order valence-electron chi connectivity index (χ4n) is 1.25. The molecule has 0 aromatic carbocycles. The predicted octanol–water partition coefficient (Wildman–Crippen LogP) is 4.67. The van der Waals surface area contributed by atoms with E-state index in [2.05, 4.69) is 0 Å². The monoisotopic (exact) mass is 468 g/mol. The Morgan fingerprint density at radius 2 is 1.14 bits per heavy atom. The lowest BCUT2D eigenvalue weighted by atomic mass is 9.95. The average molecular weight is 468 g/mol. The van der Waals surface area contributed by atoms with Crippen LogP contribution in [0.4, 0.5) is 48.3 Å². The molecule has 0 rings (SSSR count). The first kappa shape index (κ1) is 21.9. The number of rotatable bonds is 7. The quantitative estimate of drug-likeness (QED) is 0.328. The van der Waals surface area contributed by atoms with E-state index < -0.39 is 53.2 Å². The molecule has 0 heterocycles. The van der Waals surface area contributed by atoms with Gasteiger partial charge in [-0.25, -0.2) is 0 Å². The number of aliphatic hydroxyl groups is 1. The van der Waals surface area contributed by atoms with E-state index in [1.165, 1.54) is 0 Å². The van der Waals surface area contributed by atoms with E-state index in [-0.39, 0.29) is 0 Å². The Morgan fingerprint density at radius 3 is 1.45 bits per heavy atom. The number of halogens is 12. The lowest BCUT2D eigenvalue weighted by Crippen LogP contribution is -2.66. The van der Waals surface area contributed by atoms with Crippen LogP contribution in [0.1, 0.15) is 12.8 Å². The van der Waals surface area contributed by atoms with Gasteiger partial charge in [-0.2, -0.15) is 48.3 Å². The summed E-state index contributed by atoms with van der Waals surface area (Å²) in [6, 6.07) is 0. The third-order valence-corrected chi connectivity index (χ3v) is 3.59. The van der Waals surface area contributed by atoms with Crippen LogP contribution in [0.25, 0.3) is 0 Å². The number of hydrogen-bond acceptors (Lipinski definition) is 1. The zero-order chi connectivity index (χ0) is 18.2. The number of alkyl halides is 12. The van der Waals surface area contributed by atoms with Crippen molar-refractivity contribution in [1.82, 2.24) is 0 Å². The van der Waals surface area contributed by atoms with E-state index in [1.54, 1.807) is 0 Å². The van der Waals surface area contributed by atoms with Crippen molar-refractivity contribution in [3.63, 3.8) is 0 Å². The molecular formula is C9H8F11IO. The van der Waals surface area contributed by atoms with E-state index in [9.17, 15) is 48.3 Å². The zero-order valence-electron chi connectivity index (χ0n) is 10.2. The van der Waals surface area contributed by atoms with E-state index in [4.69, 9.17) is 5.11 Å². The van der Waals surface area contributed by atoms with Crippen molar-refractivity contribution < 1.29 is 53.4 Å². The van der Waals surface area contributed by atoms with Gasteiger partial charge in [-0.1, -0.05) is 22.6 Å². The van der Waals surface area contributed by atoms with E-state index in [1.807, 2.05) is 0 Å². The minimum absolute atomic E-state index is 0.576. The summed E-state index contributed by atoms with van der Waals surface area (Å²) in [6.45, 7) is -0.801. The van der Waals surface area contributed by atoms with Crippen LogP contribution < -0.4 is 0 Å². The van der Waals surface area contributed by atoms with Crippen molar-refractivity contribution >= 4 is 22.6 Å². The molecule has 13 heteroatoms. The van der Waals surface area contributed by atoms with Crippen molar-refractivity contribution in [2.45, 2.75) is 46.6 Å². The summed E-state index contributed by atoms with van der Waals surface area (Å²) in [4.78, 5) is 0. The summed E-state index contributed by atoms with van der Waals surface area (Å²) in [5.74, 6) is -27.5. The zero-order valence-corrected chi connectivity index (χ0v) is 12.3. The van der Waals surface area contributed by atoms with Gasteiger partial charge in [0.25, 0.3) is 0 Å². The smallest absolute Gasteiger partial charge is 0.396 e. The van der Waals surface area contributed by atoms with Crippen LogP contribution in [0.3, 0.4) is 0 Å². The molecule has 0 aliphatic carbocycles. The van der Waals surface area contributed by atoms with Crippen molar-refractivity contribution in [2.24, 2.45) is 0 Å². The highest BCUT2D eigenvalue weighted by Crippen LogP contribution is 2.58. The molecular weight excluding hydrogens is 460 g/mol. The molecule has 1 atom stereocenters. The largest absolute Gasteiger partial charge is 0.460 e. The van der Waals surface area contributed by atoms with Crippen LogP contribution in [0.5, 0.6) is 0 Å². The van der Waals surface area contributed by atoms with Gasteiger partial charge in [0.2, 0.25) is 0 Å². The second kappa shape index (κ2) is 6.43. The molecule has 0 aromatic heterocycles. The molecule has 0 fully saturated rings. The summed E-state index contributed by atoms with van der Waals surface area (Å²) in [5, 5.41) is 8.38. The highest BCUT2D eigenvalue weighted by molar-refractivity contribution is 14.1. The van der Waals surface area contributed by atoms with Gasteiger partial charge in [0.05, 0.1) is 0 Å². The second-order valence-corrected chi connectivity index (χ2v) is 6.00. The fourth-order valence-corrected chi connectivity index (χ4v) is 2.09. The van der Waals surface area contributed by atoms with Crippen molar-refractivity contribution in [3.05, 3.63) is 0 Å². The van der Waals surface area contributed by atoms with Crippen LogP contribution >= 0.6 is 22.6 Å². The molecule has 1 nitrogen and oxygen atoms in total. The van der Waals surface area contributed by atoms with Crippen LogP contribution in [0.2, 0.25) is 0 Å². The summed E-state index contributed by atoms with van der Waals surface area (Å²) in [7, 11) is 0. The Kier molecular flexibility index (Phi) is 6.41. The molecule has 0 aromatic rings. The van der Waals surface area contributed by atoms with E-state index >= 15 is 0 Å². The van der Waals surface area contributed by atoms with Gasteiger partial charge >= 0.3 is 29.9 Å². The van der Waals surface area contributed by atoms with E-state index in [0.29, 0.717) is 0 Å². The van der Waals surface area contributed by atoms with Gasteiger partial charge in [0.15, 0.2) is 0 Å². The summed E-state index contributed by atoms with van der Waals surface area (Å²) < 4.78 is 137. The SMILES string of the molecule is OCCC(I)CC(F)(F)C(F)(F)C(F)(F)C(F)(F)C(F)(F)F. The first-order valence-corrected chi connectivity index (χ1v) is 6.53. The Morgan fingerprint density at radius 1 is 0.727 bits per heavy atom. The second-order valence-electron chi connectivity index (χ2n) is 4.24. The third-order valence-electron chi connectivity index (χ3n) is 2.52. The van der Waals surface area contributed by atoms with Gasteiger partial charge < -0.3 is 5.11 Å². The van der Waals surface area contributed by atoms with E-state index in [0.717, 1.165) is 22.6 Å². The topological polar surface area (TPSA) is 20.2 Å². The molecule has 0 spiro atoms. The molecule has 0 aliphatic heterocycles. The van der Waals surface area contributed by atoms with Gasteiger partial charge in [-0.15, -0.1) is 0 Å². The fraction of sp³-hybridized carbons (Fsp3) is 1.00. The molecule has 0 bridgehead atoms. The van der Waals surface area contributed by atoms with Crippen molar-refractivity contribution in [3.8, 4) is 0 Å². The first-order chi connectivity index (χ1) is 9.45. The van der Waals surface area contributed by atoms with Gasteiger partial charge in [0, 0.05) is 17.0 Å². The lowest BCUT2D eigenvalue weighted by molar-refractivity contribution is -0.422. The molecule has 0 saturated carbocycles. The van der Waals surface area contributed by atoms with Crippen LogP contribution in [-0.2, 0) is 0 Å². The van der Waals surface area contributed by atoms with Gasteiger partial charge in [0.1, 0.15) is 0 Å². The van der Waals surface area contributed by atoms with Crippen LogP contribution in [0, 0.1) is 0 Å². The van der Waals surface area contributed by atoms with Gasteiger partial charge in [-0.05, 0) is 6.42 Å². The molecule has 1 unspecified atom stereocenters. The number of hydrogen-bond donors (Lipinski definition) is 1. The first-order valence-electron chi connectivity index (χ1n) is 5.28. The standard InChI is InChI=1S/C9H8F11IO/c10-5(11,3-4(21)1-2-22)6(12,13)7(14,15)8(16,17)9(18,19)20/h4,22H,1-3H2. The molecule has 0 radical (unpaired) electrons. The van der Waals surface area contributed by atoms with Crippen molar-refractivity contribution in [2.75, 3.05) is 6.61 Å². The summed E-state index contributed by atoms with van der Waals surface area (Å²) >= 11 is 1.04. The maximum absolute atomic E-state index is 13.2. The van der Waals surface area contributed by atoms with Gasteiger partial charge in [-0.3, -0.25) is 0 Å². The Labute approximate surface area is 130 Å². The molecule has 0 amide bonds.